The van der Waals surface area contributed by atoms with E-state index in [0.717, 1.165) is 17.3 Å². The first-order valence-corrected chi connectivity index (χ1v) is 6.97. The molecule has 21 heavy (non-hydrogen) atoms. The Labute approximate surface area is 124 Å². The monoisotopic (exact) mass is 299 g/mol. The Kier molecular flexibility index (Phi) is 3.79. The lowest BCUT2D eigenvalue weighted by molar-refractivity contribution is 0.265. The Morgan fingerprint density at radius 2 is 2.05 bits per heavy atom. The summed E-state index contributed by atoms with van der Waals surface area (Å²) in [5.41, 5.74) is 1.45. The van der Waals surface area contributed by atoms with Crippen LogP contribution < -0.4 is 5.32 Å². The molecule has 0 bridgehead atoms. The number of pyridine rings is 1. The van der Waals surface area contributed by atoms with Crippen LogP contribution in [0.15, 0.2) is 58.7 Å². The zero-order valence-electron chi connectivity index (χ0n) is 10.8. The van der Waals surface area contributed by atoms with Gasteiger partial charge in [0.15, 0.2) is 0 Å². The summed E-state index contributed by atoms with van der Waals surface area (Å²) < 4.78 is 12.9. The molecule has 0 spiro atoms. The predicted octanol–water partition coefficient (Wildman–Crippen LogP) is 3.75. The quantitative estimate of drug-likeness (QED) is 0.919. The second kappa shape index (κ2) is 5.88. The van der Waals surface area contributed by atoms with Crippen molar-refractivity contribution in [2.75, 3.05) is 0 Å². The van der Waals surface area contributed by atoms with Crippen LogP contribution in [0.4, 0.5) is 14.9 Å². The average Bonchev–Trinajstić information content (AvgIpc) is 2.82. The van der Waals surface area contributed by atoms with E-state index in [2.05, 4.69) is 15.3 Å². The smallest absolute Gasteiger partial charge is 0.289 e. The highest BCUT2D eigenvalue weighted by molar-refractivity contribution is 8.18. The molecule has 6 heteroatoms. The molecule has 0 unspecified atom stereocenters. The van der Waals surface area contributed by atoms with Gasteiger partial charge >= 0.3 is 0 Å². The summed E-state index contributed by atoms with van der Waals surface area (Å²) in [4.78, 5) is 20.6. The minimum Gasteiger partial charge on any atom is -0.300 e. The number of nitrogens with one attached hydrogen (secondary N) is 1. The minimum atomic E-state index is -0.324. The van der Waals surface area contributed by atoms with E-state index in [9.17, 15) is 9.18 Å². The Balaban J connectivity index is 1.94. The third-order valence-electron chi connectivity index (χ3n) is 2.71. The van der Waals surface area contributed by atoms with Crippen molar-refractivity contribution in [2.24, 2.45) is 4.99 Å². The lowest BCUT2D eigenvalue weighted by Gasteiger charge is -2.00. The van der Waals surface area contributed by atoms with Crippen LogP contribution in [0.2, 0.25) is 0 Å². The van der Waals surface area contributed by atoms with Crippen LogP contribution >= 0.6 is 11.8 Å². The van der Waals surface area contributed by atoms with E-state index in [4.69, 9.17) is 0 Å². The lowest BCUT2D eigenvalue weighted by atomic mass is 10.2. The van der Waals surface area contributed by atoms with Gasteiger partial charge in [0.05, 0.1) is 10.6 Å². The molecule has 104 valence electrons. The topological polar surface area (TPSA) is 54.4 Å². The van der Waals surface area contributed by atoms with Crippen molar-refractivity contribution in [3.8, 4) is 0 Å². The number of amidine groups is 1. The molecular formula is C15H10FN3OS. The van der Waals surface area contributed by atoms with Crippen LogP contribution in [-0.4, -0.2) is 16.1 Å². The summed E-state index contributed by atoms with van der Waals surface area (Å²) in [6.45, 7) is 0. The molecule has 2 aromatic rings. The van der Waals surface area contributed by atoms with Gasteiger partial charge in [-0.25, -0.2) is 9.38 Å². The van der Waals surface area contributed by atoms with Gasteiger partial charge in [-0.3, -0.25) is 9.78 Å². The Bertz CT molecular complexity index is 726. The van der Waals surface area contributed by atoms with Crippen LogP contribution in [-0.2, 0) is 0 Å². The number of carbonyl (C=O) groups is 1. The molecule has 1 aliphatic rings. The first-order chi connectivity index (χ1) is 10.2. The zero-order valence-corrected chi connectivity index (χ0v) is 11.6. The van der Waals surface area contributed by atoms with Crippen molar-refractivity contribution in [3.63, 3.8) is 0 Å². The summed E-state index contributed by atoms with van der Waals surface area (Å²) in [5, 5.41) is 2.49. The molecule has 1 aromatic heterocycles. The van der Waals surface area contributed by atoms with Crippen LogP contribution in [0.5, 0.6) is 0 Å². The van der Waals surface area contributed by atoms with Crippen molar-refractivity contribution in [3.05, 3.63) is 65.1 Å². The number of aliphatic imine (C=N–C) groups is 1. The first-order valence-electron chi connectivity index (χ1n) is 6.16. The van der Waals surface area contributed by atoms with Crippen LogP contribution in [0.1, 0.15) is 5.56 Å². The van der Waals surface area contributed by atoms with Crippen molar-refractivity contribution in [1.29, 1.82) is 0 Å². The molecule has 4 nitrogen and oxygen atoms in total. The fraction of sp³-hybridized carbons (Fsp3) is 0. The second-order valence-corrected chi connectivity index (χ2v) is 5.26. The fourth-order valence-corrected chi connectivity index (χ4v) is 2.51. The molecular weight excluding hydrogens is 289 g/mol. The fourth-order valence-electron chi connectivity index (χ4n) is 1.77. The maximum atomic E-state index is 12.9. The number of aromatic nitrogens is 1. The summed E-state index contributed by atoms with van der Waals surface area (Å²) in [5.74, 6) is 0.135. The van der Waals surface area contributed by atoms with Gasteiger partial charge in [-0.1, -0.05) is 6.07 Å². The highest BCUT2D eigenvalue weighted by Gasteiger charge is 2.23. The van der Waals surface area contributed by atoms with E-state index in [-0.39, 0.29) is 11.1 Å². The number of hydrogen-bond donors (Lipinski definition) is 1. The molecule has 1 saturated heterocycles. The van der Waals surface area contributed by atoms with E-state index >= 15 is 0 Å². The number of hydrogen-bond acceptors (Lipinski definition) is 4. The van der Waals surface area contributed by atoms with E-state index in [1.54, 1.807) is 24.5 Å². The van der Waals surface area contributed by atoms with Gasteiger partial charge in [-0.15, -0.1) is 0 Å². The number of carbonyl (C=O) groups excluding carboxylic acids is 1. The van der Waals surface area contributed by atoms with Crippen molar-refractivity contribution >= 4 is 34.6 Å². The normalized spacial score (nSPS) is 18.2. The molecule has 0 radical (unpaired) electrons. The number of amides is 1. The van der Waals surface area contributed by atoms with Gasteiger partial charge < -0.3 is 5.32 Å². The van der Waals surface area contributed by atoms with E-state index in [0.29, 0.717) is 16.4 Å². The summed E-state index contributed by atoms with van der Waals surface area (Å²) in [6, 6.07) is 9.47. The summed E-state index contributed by atoms with van der Waals surface area (Å²) >= 11 is 1.07. The Morgan fingerprint density at radius 3 is 2.76 bits per heavy atom. The van der Waals surface area contributed by atoms with Gasteiger partial charge in [-0.2, -0.15) is 0 Å². The standard InChI is InChI=1S/C15H10FN3OS/c16-11-3-5-12(6-4-11)18-14-13(21-15(20)19-14)8-10-2-1-7-17-9-10/h1-9H,(H,18,19,20)/b13-8-. The summed E-state index contributed by atoms with van der Waals surface area (Å²) in [6.07, 6.45) is 5.21. The van der Waals surface area contributed by atoms with Gasteiger partial charge in [-0.05, 0) is 53.7 Å². The minimum absolute atomic E-state index is 0.189. The third-order valence-corrected chi connectivity index (χ3v) is 3.52. The average molecular weight is 299 g/mol. The van der Waals surface area contributed by atoms with Gasteiger partial charge in [0.2, 0.25) is 0 Å². The second-order valence-electron chi connectivity index (χ2n) is 4.25. The molecule has 1 fully saturated rings. The van der Waals surface area contributed by atoms with Crippen LogP contribution in [0.25, 0.3) is 6.08 Å². The van der Waals surface area contributed by atoms with Crippen molar-refractivity contribution in [2.45, 2.75) is 0 Å². The summed E-state index contributed by atoms with van der Waals surface area (Å²) in [7, 11) is 0. The van der Waals surface area contributed by atoms with Crippen LogP contribution in [0.3, 0.4) is 0 Å². The van der Waals surface area contributed by atoms with Crippen molar-refractivity contribution in [1.82, 2.24) is 10.3 Å². The number of thioether (sulfide) groups is 1. The van der Waals surface area contributed by atoms with Gasteiger partial charge in [0.1, 0.15) is 11.7 Å². The molecule has 0 aliphatic carbocycles. The van der Waals surface area contributed by atoms with Gasteiger partial charge in [0, 0.05) is 12.4 Å². The number of rotatable bonds is 2. The van der Waals surface area contributed by atoms with E-state index < -0.39 is 0 Å². The van der Waals surface area contributed by atoms with E-state index in [1.165, 1.54) is 12.1 Å². The molecule has 0 saturated carbocycles. The molecule has 1 N–H and O–H groups in total. The molecule has 1 aromatic carbocycles. The van der Waals surface area contributed by atoms with Crippen LogP contribution in [0, 0.1) is 5.82 Å². The Hall–Kier alpha value is -2.47. The maximum absolute atomic E-state index is 12.9. The predicted molar refractivity (Wildman–Crippen MR) is 81.8 cm³/mol. The first kappa shape index (κ1) is 13.5. The Morgan fingerprint density at radius 1 is 1.24 bits per heavy atom. The molecule has 1 aliphatic heterocycles. The molecule has 2 heterocycles. The maximum Gasteiger partial charge on any atom is 0.289 e. The third kappa shape index (κ3) is 3.35. The highest BCUT2D eigenvalue weighted by Crippen LogP contribution is 2.28. The van der Waals surface area contributed by atoms with E-state index in [1.807, 2.05) is 18.2 Å². The highest BCUT2D eigenvalue weighted by atomic mass is 32.2. The molecule has 0 atom stereocenters. The number of halogens is 1. The largest absolute Gasteiger partial charge is 0.300 e. The molecule has 1 amide bonds. The van der Waals surface area contributed by atoms with Gasteiger partial charge in [0.25, 0.3) is 5.24 Å². The molecule has 3 rings (SSSR count). The van der Waals surface area contributed by atoms with Crippen molar-refractivity contribution < 1.29 is 9.18 Å². The lowest BCUT2D eigenvalue weighted by Crippen LogP contribution is -2.18. The number of nitrogens with zero attached hydrogens (tertiary/aromatic N) is 2. The SMILES string of the molecule is O=C1NC(=Nc2ccc(F)cc2)/C(=C/c2cccnc2)S1. The number of benzene rings is 1. The zero-order chi connectivity index (χ0) is 14.7.